The number of benzene rings is 1. The topological polar surface area (TPSA) is 89.3 Å². The molecule has 1 saturated carbocycles. The molecule has 0 saturated heterocycles. The molecule has 104 valence electrons. The molecular formula is C13H18N2O3S. The number of aryl methyl sites for hydroxylation is 1. The molecule has 1 fully saturated rings. The second-order valence-corrected chi connectivity index (χ2v) is 6.86. The quantitative estimate of drug-likeness (QED) is 0.831. The minimum absolute atomic E-state index is 0.0871. The molecule has 1 aromatic rings. The third kappa shape index (κ3) is 3.70. The number of carbonyl (C=O) groups is 1. The summed E-state index contributed by atoms with van der Waals surface area (Å²) in [5.41, 5.74) is 6.46. The van der Waals surface area contributed by atoms with Crippen LogP contribution in [0.1, 0.15) is 35.2 Å². The van der Waals surface area contributed by atoms with Gasteiger partial charge in [0, 0.05) is 0 Å². The van der Waals surface area contributed by atoms with Crippen LogP contribution in [0.5, 0.6) is 0 Å². The maximum atomic E-state index is 12.0. The van der Waals surface area contributed by atoms with Crippen molar-refractivity contribution in [1.82, 2.24) is 0 Å². The summed E-state index contributed by atoms with van der Waals surface area (Å²) in [6.45, 7) is 1.72. The van der Waals surface area contributed by atoms with Crippen LogP contribution in [0.25, 0.3) is 0 Å². The van der Waals surface area contributed by atoms with Crippen LogP contribution < -0.4 is 10.5 Å². The third-order valence-electron chi connectivity index (χ3n) is 3.28. The molecule has 0 radical (unpaired) electrons. The van der Waals surface area contributed by atoms with Crippen molar-refractivity contribution in [2.24, 2.45) is 11.7 Å². The van der Waals surface area contributed by atoms with Crippen LogP contribution >= 0.6 is 0 Å². The van der Waals surface area contributed by atoms with E-state index in [1.807, 2.05) is 0 Å². The lowest BCUT2D eigenvalue weighted by Crippen LogP contribution is -2.21. The fraction of sp³-hybridized carbons (Fsp3) is 0.462. The van der Waals surface area contributed by atoms with Crippen molar-refractivity contribution in [1.29, 1.82) is 0 Å². The highest BCUT2D eigenvalue weighted by molar-refractivity contribution is 7.92. The number of nitrogens with two attached hydrogens (primary N) is 1. The predicted molar refractivity (Wildman–Crippen MR) is 74.4 cm³/mol. The second kappa shape index (κ2) is 5.21. The van der Waals surface area contributed by atoms with Gasteiger partial charge < -0.3 is 5.73 Å². The van der Waals surface area contributed by atoms with Gasteiger partial charge in [-0.05, 0) is 30.9 Å². The molecule has 0 aliphatic heterocycles. The molecule has 0 spiro atoms. The average molecular weight is 282 g/mol. The largest absolute Gasteiger partial charge is 0.366 e. The molecule has 0 atom stereocenters. The van der Waals surface area contributed by atoms with E-state index < -0.39 is 15.9 Å². The number of sulfonamides is 1. The molecule has 0 unspecified atom stereocenters. The van der Waals surface area contributed by atoms with Gasteiger partial charge in [-0.1, -0.05) is 25.0 Å². The molecule has 1 aromatic carbocycles. The summed E-state index contributed by atoms with van der Waals surface area (Å²) in [5.74, 6) is 0.00627. The molecule has 2 rings (SSSR count). The summed E-state index contributed by atoms with van der Waals surface area (Å²) >= 11 is 0. The van der Waals surface area contributed by atoms with E-state index in [-0.39, 0.29) is 17.0 Å². The lowest BCUT2D eigenvalue weighted by molar-refractivity contribution is 0.100. The molecule has 0 heterocycles. The smallest absolute Gasteiger partial charge is 0.251 e. The molecule has 1 aliphatic rings. The zero-order valence-corrected chi connectivity index (χ0v) is 11.7. The Kier molecular flexibility index (Phi) is 3.80. The Bertz CT molecular complexity index is 592. The van der Waals surface area contributed by atoms with Gasteiger partial charge in [0.2, 0.25) is 10.0 Å². The maximum Gasteiger partial charge on any atom is 0.251 e. The number of nitrogens with one attached hydrogen (secondary N) is 1. The number of hydrogen-bond acceptors (Lipinski definition) is 3. The SMILES string of the molecule is Cc1cccc(NS(=O)(=O)CCC2CC2)c1C(N)=O. The molecule has 1 amide bonds. The first-order valence-electron chi connectivity index (χ1n) is 6.29. The minimum atomic E-state index is -3.42. The molecule has 19 heavy (non-hydrogen) atoms. The highest BCUT2D eigenvalue weighted by atomic mass is 32.2. The van der Waals surface area contributed by atoms with E-state index in [1.165, 1.54) is 0 Å². The first-order chi connectivity index (χ1) is 8.89. The van der Waals surface area contributed by atoms with Gasteiger partial charge in [-0.3, -0.25) is 9.52 Å². The Balaban J connectivity index is 2.17. The summed E-state index contributed by atoms with van der Waals surface area (Å²) in [5, 5.41) is 0. The molecule has 1 aliphatic carbocycles. The van der Waals surface area contributed by atoms with E-state index in [2.05, 4.69) is 4.72 Å². The molecule has 3 N–H and O–H groups in total. The van der Waals surface area contributed by atoms with Crippen molar-refractivity contribution in [3.63, 3.8) is 0 Å². The fourth-order valence-electron chi connectivity index (χ4n) is 2.03. The highest BCUT2D eigenvalue weighted by Crippen LogP contribution is 2.32. The zero-order chi connectivity index (χ0) is 14.0. The van der Waals surface area contributed by atoms with Crippen LogP contribution in [0, 0.1) is 12.8 Å². The lowest BCUT2D eigenvalue weighted by Gasteiger charge is -2.12. The van der Waals surface area contributed by atoms with Gasteiger partial charge in [0.05, 0.1) is 17.0 Å². The Labute approximate surface area is 113 Å². The van der Waals surface area contributed by atoms with Gasteiger partial charge in [0.25, 0.3) is 5.91 Å². The van der Waals surface area contributed by atoms with Gasteiger partial charge in [-0.15, -0.1) is 0 Å². The second-order valence-electron chi connectivity index (χ2n) is 5.01. The van der Waals surface area contributed by atoms with Gasteiger partial charge in [0.1, 0.15) is 0 Å². The first-order valence-corrected chi connectivity index (χ1v) is 7.94. The summed E-state index contributed by atoms with van der Waals surface area (Å²) in [6, 6.07) is 4.98. The molecule has 6 heteroatoms. The number of rotatable bonds is 6. The number of hydrogen-bond donors (Lipinski definition) is 2. The van der Waals surface area contributed by atoms with Crippen molar-refractivity contribution < 1.29 is 13.2 Å². The van der Waals surface area contributed by atoms with Crippen LogP contribution in [0.2, 0.25) is 0 Å². The van der Waals surface area contributed by atoms with Gasteiger partial charge in [0.15, 0.2) is 0 Å². The molecular weight excluding hydrogens is 264 g/mol. The van der Waals surface area contributed by atoms with E-state index in [4.69, 9.17) is 5.73 Å². The van der Waals surface area contributed by atoms with Crippen LogP contribution in [0.4, 0.5) is 5.69 Å². The highest BCUT2D eigenvalue weighted by Gasteiger charge is 2.24. The Morgan fingerprint density at radius 3 is 2.68 bits per heavy atom. The maximum absolute atomic E-state index is 12.0. The zero-order valence-electron chi connectivity index (χ0n) is 10.8. The lowest BCUT2D eigenvalue weighted by atomic mass is 10.1. The van der Waals surface area contributed by atoms with Crippen molar-refractivity contribution in [2.75, 3.05) is 10.5 Å². The van der Waals surface area contributed by atoms with Gasteiger partial charge in [-0.25, -0.2) is 8.42 Å². The summed E-state index contributed by atoms with van der Waals surface area (Å²) in [7, 11) is -3.42. The van der Waals surface area contributed by atoms with E-state index >= 15 is 0 Å². The van der Waals surface area contributed by atoms with E-state index in [1.54, 1.807) is 25.1 Å². The van der Waals surface area contributed by atoms with Crippen LogP contribution in [-0.2, 0) is 10.0 Å². The van der Waals surface area contributed by atoms with Crippen LogP contribution in [0.3, 0.4) is 0 Å². The minimum Gasteiger partial charge on any atom is -0.366 e. The van der Waals surface area contributed by atoms with E-state index in [9.17, 15) is 13.2 Å². The summed E-state index contributed by atoms with van der Waals surface area (Å²) in [4.78, 5) is 11.4. The average Bonchev–Trinajstić information content (AvgIpc) is 3.09. The Morgan fingerprint density at radius 1 is 1.42 bits per heavy atom. The normalized spacial score (nSPS) is 15.2. The van der Waals surface area contributed by atoms with Gasteiger partial charge >= 0.3 is 0 Å². The number of amides is 1. The Morgan fingerprint density at radius 2 is 2.11 bits per heavy atom. The third-order valence-corrected chi connectivity index (χ3v) is 4.58. The number of carbonyl (C=O) groups excluding carboxylic acids is 1. The first kappa shape index (κ1) is 13.9. The summed E-state index contributed by atoms with van der Waals surface area (Å²) < 4.78 is 26.4. The van der Waals surface area contributed by atoms with Crippen molar-refractivity contribution in [2.45, 2.75) is 26.2 Å². The van der Waals surface area contributed by atoms with Gasteiger partial charge in [-0.2, -0.15) is 0 Å². The van der Waals surface area contributed by atoms with Crippen molar-refractivity contribution >= 4 is 21.6 Å². The molecule has 0 bridgehead atoms. The van der Waals surface area contributed by atoms with Crippen molar-refractivity contribution in [3.8, 4) is 0 Å². The Hall–Kier alpha value is -1.56. The summed E-state index contributed by atoms with van der Waals surface area (Å²) in [6.07, 6.45) is 2.91. The van der Waals surface area contributed by atoms with Crippen molar-refractivity contribution in [3.05, 3.63) is 29.3 Å². The van der Waals surface area contributed by atoms with Crippen LogP contribution in [0.15, 0.2) is 18.2 Å². The molecule has 5 nitrogen and oxygen atoms in total. The predicted octanol–water partition coefficient (Wildman–Crippen LogP) is 1.64. The monoisotopic (exact) mass is 282 g/mol. The number of anilines is 1. The van der Waals surface area contributed by atoms with E-state index in [0.717, 1.165) is 12.8 Å². The van der Waals surface area contributed by atoms with Crippen LogP contribution in [-0.4, -0.2) is 20.1 Å². The fourth-order valence-corrected chi connectivity index (χ4v) is 3.28. The van der Waals surface area contributed by atoms with E-state index in [0.29, 0.717) is 17.9 Å². The standard InChI is InChI=1S/C13H18N2O3S/c1-9-3-2-4-11(12(9)13(14)16)15-19(17,18)8-7-10-5-6-10/h2-4,10,15H,5-8H2,1H3,(H2,14,16). The molecule has 0 aromatic heterocycles. The number of primary amides is 1.